The van der Waals surface area contributed by atoms with Crippen LogP contribution in [0.3, 0.4) is 0 Å². The van der Waals surface area contributed by atoms with Crippen molar-refractivity contribution >= 4 is 33.6 Å². The second kappa shape index (κ2) is 11.7. The standard InChI is InChI=1S/C35H38F2N6O5/c1-34-15-22(45)17-42(18-34)31-25-16-38-29(28(37)30(25)39-32(40-31)48-19-35-8-3-10-43(35)11-4-9-35)24-14-21(44)13-20-6-7-26(36)23(27(20)24)5-2-12-47-33(46)41-34/h6-7,13-14,16,22,44-45H,2-5,8-12,15,17-19H2,1H3,(H,41,46). The number of rotatable bonds is 3. The summed E-state index contributed by atoms with van der Waals surface area (Å²) in [5.74, 6) is -1.11. The Morgan fingerprint density at radius 3 is 2.77 bits per heavy atom. The van der Waals surface area contributed by atoms with Gasteiger partial charge in [0.1, 0.15) is 35.2 Å². The van der Waals surface area contributed by atoms with Crippen molar-refractivity contribution in [1.82, 2.24) is 25.2 Å². The molecular formula is C35H38F2N6O5. The van der Waals surface area contributed by atoms with Crippen LogP contribution >= 0.6 is 0 Å². The molecule has 3 N–H and O–H groups in total. The fourth-order valence-corrected chi connectivity index (χ4v) is 8.44. The average Bonchev–Trinajstić information content (AvgIpc) is 3.62. The van der Waals surface area contributed by atoms with E-state index in [4.69, 9.17) is 14.5 Å². The number of hydrogen-bond donors (Lipinski definition) is 3. The van der Waals surface area contributed by atoms with Gasteiger partial charge in [-0.25, -0.2) is 13.6 Å². The summed E-state index contributed by atoms with van der Waals surface area (Å²) in [4.78, 5) is 31.1. The highest BCUT2D eigenvalue weighted by atomic mass is 19.1. The number of nitrogens with one attached hydrogen (secondary N) is 1. The molecular weight excluding hydrogens is 622 g/mol. The molecule has 0 saturated carbocycles. The number of amides is 1. The van der Waals surface area contributed by atoms with E-state index in [1.54, 1.807) is 4.90 Å². The number of fused-ring (bicyclic) bond motifs is 7. The number of phenols is 1. The predicted molar refractivity (Wildman–Crippen MR) is 174 cm³/mol. The largest absolute Gasteiger partial charge is 0.508 e. The number of phenolic OH excluding ortho intramolecular Hbond substituents is 1. The predicted octanol–water partition coefficient (Wildman–Crippen LogP) is 4.84. The molecule has 11 nitrogen and oxygen atoms in total. The third-order valence-electron chi connectivity index (χ3n) is 10.5. The van der Waals surface area contributed by atoms with Gasteiger partial charge in [-0.05, 0) is 99.5 Å². The summed E-state index contributed by atoms with van der Waals surface area (Å²) in [6.07, 6.45) is 4.83. The van der Waals surface area contributed by atoms with Gasteiger partial charge in [-0.15, -0.1) is 0 Å². The van der Waals surface area contributed by atoms with Crippen molar-refractivity contribution in [2.24, 2.45) is 0 Å². The minimum atomic E-state index is -0.925. The number of aromatic nitrogens is 3. The third-order valence-corrected chi connectivity index (χ3v) is 10.5. The zero-order valence-electron chi connectivity index (χ0n) is 26.8. The number of nitrogens with zero attached hydrogens (tertiary/aromatic N) is 5. The van der Waals surface area contributed by atoms with Crippen molar-refractivity contribution in [1.29, 1.82) is 0 Å². The molecule has 0 radical (unpaired) electrons. The molecule has 7 heterocycles. The van der Waals surface area contributed by atoms with Gasteiger partial charge in [-0.3, -0.25) is 9.88 Å². The minimum Gasteiger partial charge on any atom is -0.508 e. The van der Waals surface area contributed by atoms with E-state index in [-0.39, 0.29) is 78.4 Å². The number of anilines is 1. The van der Waals surface area contributed by atoms with Crippen LogP contribution in [-0.4, -0.2) is 92.7 Å². The van der Waals surface area contributed by atoms with Gasteiger partial charge in [-0.2, -0.15) is 9.97 Å². The highest BCUT2D eigenvalue weighted by Crippen LogP contribution is 2.42. The number of aliphatic hydroxyl groups excluding tert-OH is 1. The second-order valence-corrected chi connectivity index (χ2v) is 14.0. The number of alkyl carbamates (subject to hydrolysis) is 1. The zero-order valence-corrected chi connectivity index (χ0v) is 26.8. The number of aliphatic hydroxyl groups is 1. The van der Waals surface area contributed by atoms with Gasteiger partial charge in [-0.1, -0.05) is 6.07 Å². The van der Waals surface area contributed by atoms with Gasteiger partial charge in [0.15, 0.2) is 5.82 Å². The summed E-state index contributed by atoms with van der Waals surface area (Å²) in [6.45, 7) is 4.58. The minimum absolute atomic E-state index is 0.00263. The number of carbonyl (C=O) groups excluding carboxylic acids is 1. The molecule has 48 heavy (non-hydrogen) atoms. The molecule has 5 aliphatic rings. The van der Waals surface area contributed by atoms with Crippen molar-refractivity contribution in [3.8, 4) is 23.0 Å². The molecule has 2 atom stereocenters. The topological polar surface area (TPSA) is 133 Å². The van der Waals surface area contributed by atoms with Gasteiger partial charge in [0.05, 0.1) is 29.2 Å². The molecule has 252 valence electrons. The Hall–Kier alpha value is -4.36. The number of carbonyl (C=O) groups is 1. The number of piperidine rings is 1. The Labute approximate surface area is 275 Å². The van der Waals surface area contributed by atoms with Gasteiger partial charge in [0.2, 0.25) is 0 Å². The second-order valence-electron chi connectivity index (χ2n) is 14.0. The zero-order chi connectivity index (χ0) is 33.2. The van der Waals surface area contributed by atoms with Gasteiger partial charge >= 0.3 is 12.1 Å². The number of aromatic hydroxyl groups is 1. The molecule has 1 amide bonds. The molecule has 6 bridgehead atoms. The average molecular weight is 661 g/mol. The highest BCUT2D eigenvalue weighted by Gasteiger charge is 2.45. The smallest absolute Gasteiger partial charge is 0.407 e. The lowest BCUT2D eigenvalue weighted by Gasteiger charge is -2.43. The van der Waals surface area contributed by atoms with Crippen molar-refractivity contribution in [3.63, 3.8) is 0 Å². The molecule has 2 unspecified atom stereocenters. The fraction of sp³-hybridized carbons (Fsp3) is 0.486. The first-order valence-corrected chi connectivity index (χ1v) is 16.7. The Bertz CT molecular complexity index is 1930. The Kier molecular flexibility index (Phi) is 7.51. The number of aryl methyl sites for hydroxylation is 1. The van der Waals surface area contributed by atoms with Crippen LogP contribution in [0.25, 0.3) is 32.9 Å². The van der Waals surface area contributed by atoms with Crippen molar-refractivity contribution in [3.05, 3.63) is 47.7 Å². The first-order chi connectivity index (χ1) is 23.1. The summed E-state index contributed by atoms with van der Waals surface area (Å²) in [5, 5.41) is 25.8. The highest BCUT2D eigenvalue weighted by molar-refractivity contribution is 6.01. The van der Waals surface area contributed by atoms with Crippen LogP contribution in [-0.2, 0) is 11.2 Å². The first-order valence-electron chi connectivity index (χ1n) is 16.7. The van der Waals surface area contributed by atoms with Gasteiger partial charge < -0.3 is 29.9 Å². The molecule has 4 aromatic rings. The van der Waals surface area contributed by atoms with Crippen LogP contribution in [0.2, 0.25) is 0 Å². The molecule has 3 fully saturated rings. The molecule has 3 saturated heterocycles. The maximum Gasteiger partial charge on any atom is 0.407 e. The maximum absolute atomic E-state index is 17.0. The van der Waals surface area contributed by atoms with Gasteiger partial charge in [0, 0.05) is 24.8 Å². The monoisotopic (exact) mass is 660 g/mol. The number of pyridine rings is 1. The lowest BCUT2D eigenvalue weighted by atomic mass is 9.89. The van der Waals surface area contributed by atoms with Crippen LogP contribution in [0, 0.1) is 11.6 Å². The van der Waals surface area contributed by atoms with E-state index in [0.717, 1.165) is 38.8 Å². The lowest BCUT2D eigenvalue weighted by Crippen LogP contribution is -2.61. The van der Waals surface area contributed by atoms with E-state index in [9.17, 15) is 15.0 Å². The molecule has 13 heteroatoms. The van der Waals surface area contributed by atoms with Crippen LogP contribution < -0.4 is 15.0 Å². The van der Waals surface area contributed by atoms with Crippen LogP contribution in [0.1, 0.15) is 51.0 Å². The van der Waals surface area contributed by atoms with E-state index in [1.165, 1.54) is 30.5 Å². The van der Waals surface area contributed by atoms with Crippen molar-refractivity contribution < 1.29 is 33.3 Å². The Morgan fingerprint density at radius 2 is 1.96 bits per heavy atom. The first kappa shape index (κ1) is 30.9. The molecule has 2 aromatic carbocycles. The lowest BCUT2D eigenvalue weighted by molar-refractivity contribution is 0.0913. The molecule has 5 aliphatic heterocycles. The van der Waals surface area contributed by atoms with Crippen LogP contribution in [0.5, 0.6) is 11.8 Å². The maximum atomic E-state index is 17.0. The third kappa shape index (κ3) is 5.33. The molecule has 0 aliphatic carbocycles. The fourth-order valence-electron chi connectivity index (χ4n) is 8.44. The summed E-state index contributed by atoms with van der Waals surface area (Å²) in [5.41, 5.74) is -0.706. The Morgan fingerprint density at radius 1 is 1.15 bits per heavy atom. The van der Waals surface area contributed by atoms with E-state index >= 15 is 8.78 Å². The quantitative estimate of drug-likeness (QED) is 0.281. The summed E-state index contributed by atoms with van der Waals surface area (Å²) in [6, 6.07) is 5.69. The Balaban J connectivity index is 1.33. The van der Waals surface area contributed by atoms with E-state index in [0.29, 0.717) is 28.8 Å². The molecule has 0 spiro atoms. The summed E-state index contributed by atoms with van der Waals surface area (Å²) in [7, 11) is 0. The summed E-state index contributed by atoms with van der Waals surface area (Å²) >= 11 is 0. The SMILES string of the molecule is CC12CC(O)CN(C1)c1nc(OCC34CCCN3CCC4)nc3c(F)c(ncc13)-c1cc(O)cc3ccc(F)c(c13)CCCOC(=O)N2. The van der Waals surface area contributed by atoms with E-state index in [2.05, 4.69) is 20.2 Å². The van der Waals surface area contributed by atoms with E-state index in [1.807, 2.05) is 6.92 Å². The number of benzene rings is 2. The van der Waals surface area contributed by atoms with Crippen LogP contribution in [0.4, 0.5) is 19.4 Å². The normalized spacial score (nSPS) is 24.1. The van der Waals surface area contributed by atoms with Crippen molar-refractivity contribution in [2.45, 2.75) is 69.1 Å². The number of ether oxygens (including phenoxy) is 2. The molecule has 2 aromatic heterocycles. The number of halogens is 2. The van der Waals surface area contributed by atoms with E-state index < -0.39 is 29.4 Å². The van der Waals surface area contributed by atoms with Gasteiger partial charge in [0.25, 0.3) is 0 Å². The number of hydrogen-bond acceptors (Lipinski definition) is 10. The molecule has 9 rings (SSSR count). The van der Waals surface area contributed by atoms with Crippen molar-refractivity contribution in [2.75, 3.05) is 44.3 Å². The summed E-state index contributed by atoms with van der Waals surface area (Å²) < 4.78 is 44.3. The van der Waals surface area contributed by atoms with Crippen LogP contribution in [0.15, 0.2) is 30.5 Å².